The maximum Gasteiger partial charge on any atom is 0.433 e. The molecule has 0 spiro atoms. The van der Waals surface area contributed by atoms with E-state index in [9.17, 15) is 18.0 Å². The number of carbonyl (C=O) groups excluding carboxylic acids is 1. The Labute approximate surface area is 181 Å². The monoisotopic (exact) mass is 446 g/mol. The Morgan fingerprint density at radius 1 is 1.19 bits per heavy atom. The third-order valence-corrected chi connectivity index (χ3v) is 5.90. The molecule has 1 atom stereocenters. The van der Waals surface area contributed by atoms with Gasteiger partial charge in [0.05, 0.1) is 5.69 Å². The quantitative estimate of drug-likeness (QED) is 0.607. The van der Waals surface area contributed by atoms with Crippen LogP contribution < -0.4 is 9.47 Å². The summed E-state index contributed by atoms with van der Waals surface area (Å²) in [4.78, 5) is 19.1. The second kappa shape index (κ2) is 7.68. The van der Waals surface area contributed by atoms with Crippen molar-refractivity contribution in [1.82, 2.24) is 19.5 Å². The average Bonchev–Trinajstić information content (AvgIpc) is 3.43. The van der Waals surface area contributed by atoms with Gasteiger partial charge in [0, 0.05) is 36.3 Å². The predicted molar refractivity (Wildman–Crippen MR) is 108 cm³/mol. The van der Waals surface area contributed by atoms with Crippen LogP contribution in [0.5, 0.6) is 11.5 Å². The molecule has 5 rings (SSSR count). The third-order valence-electron chi connectivity index (χ3n) is 5.90. The zero-order valence-electron chi connectivity index (χ0n) is 17.4. The van der Waals surface area contributed by atoms with Crippen molar-refractivity contribution in [1.29, 1.82) is 0 Å². The zero-order chi connectivity index (χ0) is 22.5. The van der Waals surface area contributed by atoms with Gasteiger partial charge >= 0.3 is 6.18 Å². The number of likely N-dealkylation sites (tertiary alicyclic amines) is 1. The van der Waals surface area contributed by atoms with E-state index in [1.165, 1.54) is 0 Å². The lowest BCUT2D eigenvalue weighted by molar-refractivity contribution is -0.142. The molecule has 32 heavy (non-hydrogen) atoms. The van der Waals surface area contributed by atoms with Crippen LogP contribution in [0.4, 0.5) is 13.2 Å². The molecule has 0 N–H and O–H groups in total. The molecule has 168 valence electrons. The maximum atomic E-state index is 13.6. The van der Waals surface area contributed by atoms with Crippen LogP contribution >= 0.6 is 0 Å². The summed E-state index contributed by atoms with van der Waals surface area (Å²) in [5.41, 5.74) is 0.693. The summed E-state index contributed by atoms with van der Waals surface area (Å²) in [7, 11) is 0. The van der Waals surface area contributed by atoms with E-state index in [0.717, 1.165) is 23.4 Å². The Kier molecular flexibility index (Phi) is 4.94. The molecule has 1 amide bonds. The second-order valence-electron chi connectivity index (χ2n) is 7.98. The molecule has 7 nitrogen and oxygen atoms in total. The molecule has 3 aromatic rings. The first-order chi connectivity index (χ1) is 15.3. The number of halogens is 3. The van der Waals surface area contributed by atoms with Crippen LogP contribution in [0.15, 0.2) is 30.3 Å². The van der Waals surface area contributed by atoms with Crippen molar-refractivity contribution in [2.24, 2.45) is 0 Å². The summed E-state index contributed by atoms with van der Waals surface area (Å²) in [6, 6.07) is 7.70. The second-order valence-corrected chi connectivity index (χ2v) is 7.98. The summed E-state index contributed by atoms with van der Waals surface area (Å²) in [5.74, 6) is 0.804. The van der Waals surface area contributed by atoms with Gasteiger partial charge < -0.3 is 14.4 Å². The highest BCUT2D eigenvalue weighted by Crippen LogP contribution is 2.35. The van der Waals surface area contributed by atoms with Gasteiger partial charge in [-0.15, -0.1) is 0 Å². The van der Waals surface area contributed by atoms with Gasteiger partial charge in [-0.05, 0) is 43.5 Å². The van der Waals surface area contributed by atoms with Gasteiger partial charge in [0.2, 0.25) is 6.79 Å². The fourth-order valence-corrected chi connectivity index (χ4v) is 4.24. The van der Waals surface area contributed by atoms with Crippen molar-refractivity contribution in [3.8, 4) is 11.5 Å². The summed E-state index contributed by atoms with van der Waals surface area (Å²) in [5, 5.41) is 4.25. The van der Waals surface area contributed by atoms with Crippen LogP contribution in [0.2, 0.25) is 0 Å². The number of aryl methyl sites for hydroxylation is 1. The topological polar surface area (TPSA) is 69.0 Å². The molecule has 0 radical (unpaired) electrons. The number of amides is 1. The van der Waals surface area contributed by atoms with Gasteiger partial charge in [-0.1, -0.05) is 6.92 Å². The molecule has 1 aromatic carbocycles. The highest BCUT2D eigenvalue weighted by Gasteiger charge is 2.36. The molecular weight excluding hydrogens is 425 g/mol. The molecule has 1 unspecified atom stereocenters. The van der Waals surface area contributed by atoms with E-state index in [-0.39, 0.29) is 24.3 Å². The first-order valence-electron chi connectivity index (χ1n) is 10.5. The summed E-state index contributed by atoms with van der Waals surface area (Å²) < 4.78 is 52.2. The number of rotatable bonds is 3. The smallest absolute Gasteiger partial charge is 0.433 e. The maximum absolute atomic E-state index is 13.6. The summed E-state index contributed by atoms with van der Waals surface area (Å²) in [6.45, 7) is 2.83. The Morgan fingerprint density at radius 3 is 2.78 bits per heavy atom. The van der Waals surface area contributed by atoms with E-state index >= 15 is 0 Å². The minimum absolute atomic E-state index is 0.125. The minimum Gasteiger partial charge on any atom is -0.454 e. The van der Waals surface area contributed by atoms with Gasteiger partial charge in [-0.25, -0.2) is 9.50 Å². The minimum atomic E-state index is -4.54. The molecule has 2 aliphatic heterocycles. The van der Waals surface area contributed by atoms with Crippen molar-refractivity contribution < 1.29 is 27.4 Å². The number of aromatic nitrogens is 3. The van der Waals surface area contributed by atoms with Crippen molar-refractivity contribution in [2.45, 2.75) is 38.3 Å². The number of fused-ring (bicyclic) bond motifs is 2. The molecule has 2 aromatic heterocycles. The lowest BCUT2D eigenvalue weighted by atomic mass is 9.94. The number of nitrogens with zero attached hydrogens (tertiary/aromatic N) is 4. The predicted octanol–water partition coefficient (Wildman–Crippen LogP) is 4.06. The fourth-order valence-electron chi connectivity index (χ4n) is 4.24. The standard InChI is InChI=1S/C22H21F3N4O3/c1-2-15-9-19(22(23,24)25)29-20(26-15)10-16(27-29)14-4-3-7-28(11-14)21(30)13-5-6-17-18(8-13)32-12-31-17/h5-6,8-10,14H,2-4,7,11-12H2,1H3. The van der Waals surface area contributed by atoms with E-state index in [4.69, 9.17) is 9.47 Å². The average molecular weight is 446 g/mol. The molecule has 10 heteroatoms. The number of carbonyl (C=O) groups is 1. The van der Waals surface area contributed by atoms with Gasteiger partial charge in [-0.2, -0.15) is 18.3 Å². The zero-order valence-corrected chi connectivity index (χ0v) is 17.4. The highest BCUT2D eigenvalue weighted by atomic mass is 19.4. The van der Waals surface area contributed by atoms with Crippen LogP contribution in [0.25, 0.3) is 5.65 Å². The van der Waals surface area contributed by atoms with Crippen molar-refractivity contribution in [3.05, 3.63) is 53.0 Å². The number of piperidine rings is 1. The van der Waals surface area contributed by atoms with Crippen LogP contribution in [-0.2, 0) is 12.6 Å². The largest absolute Gasteiger partial charge is 0.454 e. The summed E-state index contributed by atoms with van der Waals surface area (Å²) >= 11 is 0. The highest BCUT2D eigenvalue weighted by molar-refractivity contribution is 5.95. The molecule has 0 bridgehead atoms. The molecular formula is C22H21F3N4O3. The lowest BCUT2D eigenvalue weighted by Gasteiger charge is -2.32. The van der Waals surface area contributed by atoms with Crippen LogP contribution in [0, 0.1) is 0 Å². The van der Waals surface area contributed by atoms with Crippen molar-refractivity contribution in [3.63, 3.8) is 0 Å². The van der Waals surface area contributed by atoms with E-state index < -0.39 is 11.9 Å². The van der Waals surface area contributed by atoms with E-state index in [2.05, 4.69) is 10.1 Å². The molecule has 1 saturated heterocycles. The van der Waals surface area contributed by atoms with E-state index in [1.54, 1.807) is 36.1 Å². The van der Waals surface area contributed by atoms with Gasteiger partial charge in [0.15, 0.2) is 17.1 Å². The Bertz CT molecular complexity index is 1190. The number of alkyl halides is 3. The van der Waals surface area contributed by atoms with Crippen LogP contribution in [0.1, 0.15) is 53.1 Å². The SMILES string of the molecule is CCc1cc(C(F)(F)F)n2nc(C3CCCN(C(=O)c4ccc5c(c4)OCO5)C3)cc2n1. The number of hydrogen-bond acceptors (Lipinski definition) is 5. The third kappa shape index (κ3) is 3.63. The molecule has 0 saturated carbocycles. The Hall–Kier alpha value is -3.30. The van der Waals surface area contributed by atoms with E-state index in [0.29, 0.717) is 48.0 Å². The fraction of sp³-hybridized carbons (Fsp3) is 0.409. The van der Waals surface area contributed by atoms with Crippen LogP contribution in [0.3, 0.4) is 0 Å². The van der Waals surface area contributed by atoms with Gasteiger partial charge in [0.1, 0.15) is 5.69 Å². The summed E-state index contributed by atoms with van der Waals surface area (Å²) in [6.07, 6.45) is -2.69. The van der Waals surface area contributed by atoms with Gasteiger partial charge in [0.25, 0.3) is 5.91 Å². The number of benzene rings is 1. The van der Waals surface area contributed by atoms with E-state index in [1.807, 2.05) is 0 Å². The van der Waals surface area contributed by atoms with Crippen molar-refractivity contribution >= 4 is 11.6 Å². The molecule has 0 aliphatic carbocycles. The molecule has 2 aliphatic rings. The number of hydrogen-bond donors (Lipinski definition) is 0. The number of ether oxygens (including phenoxy) is 2. The lowest BCUT2D eigenvalue weighted by Crippen LogP contribution is -2.39. The first kappa shape index (κ1) is 20.6. The van der Waals surface area contributed by atoms with Crippen molar-refractivity contribution in [2.75, 3.05) is 19.9 Å². The molecule has 4 heterocycles. The molecule has 1 fully saturated rings. The van der Waals surface area contributed by atoms with Gasteiger partial charge in [-0.3, -0.25) is 4.79 Å². The normalized spacial score (nSPS) is 18.4. The van der Waals surface area contributed by atoms with Crippen LogP contribution in [-0.4, -0.2) is 45.3 Å². The Morgan fingerprint density at radius 2 is 2.00 bits per heavy atom. The first-order valence-corrected chi connectivity index (χ1v) is 10.5. The Balaban J connectivity index is 1.42.